The number of halogens is 2. The molecule has 0 bridgehead atoms. The standard InChI is InChI=1S/C15H15F2NOS/c1-10(15(18)11-5-3-2-4-6-11)20(19)14-9-12(16)7-8-13(14)17/h2-10,15H,18H2,1H3. The fourth-order valence-electron chi connectivity index (χ4n) is 1.91. The van der Waals surface area contributed by atoms with E-state index in [9.17, 15) is 13.0 Å². The first-order chi connectivity index (χ1) is 9.50. The van der Waals surface area contributed by atoms with Crippen molar-refractivity contribution < 1.29 is 13.0 Å². The summed E-state index contributed by atoms with van der Waals surface area (Å²) in [6.07, 6.45) is 0. The van der Waals surface area contributed by atoms with Crippen molar-refractivity contribution in [3.63, 3.8) is 0 Å². The topological polar surface area (TPSA) is 43.1 Å². The summed E-state index contributed by atoms with van der Waals surface area (Å²) in [5, 5.41) is -0.534. The van der Waals surface area contributed by atoms with Gasteiger partial charge in [0.1, 0.15) is 11.6 Å². The van der Waals surface area contributed by atoms with Crippen molar-refractivity contribution in [2.24, 2.45) is 5.73 Å². The fraction of sp³-hybridized carbons (Fsp3) is 0.200. The minimum absolute atomic E-state index is 0.149. The van der Waals surface area contributed by atoms with E-state index in [0.29, 0.717) is 0 Å². The highest BCUT2D eigenvalue weighted by Gasteiger charge is 2.24. The van der Waals surface area contributed by atoms with Crippen molar-refractivity contribution in [1.82, 2.24) is 0 Å². The zero-order valence-electron chi connectivity index (χ0n) is 10.9. The van der Waals surface area contributed by atoms with Gasteiger partial charge in [0.05, 0.1) is 20.9 Å². The predicted molar refractivity (Wildman–Crippen MR) is 75.6 cm³/mol. The Bertz CT molecular complexity index is 619. The molecule has 2 rings (SSSR count). The maximum absolute atomic E-state index is 13.6. The summed E-state index contributed by atoms with van der Waals surface area (Å²) in [4.78, 5) is -0.149. The minimum atomic E-state index is -1.72. The van der Waals surface area contributed by atoms with E-state index in [2.05, 4.69) is 0 Å². The van der Waals surface area contributed by atoms with E-state index in [4.69, 9.17) is 5.73 Å². The minimum Gasteiger partial charge on any atom is -0.323 e. The molecule has 20 heavy (non-hydrogen) atoms. The van der Waals surface area contributed by atoms with Gasteiger partial charge in [0.2, 0.25) is 0 Å². The number of benzene rings is 2. The summed E-state index contributed by atoms with van der Waals surface area (Å²) in [5.74, 6) is -1.30. The van der Waals surface area contributed by atoms with Crippen LogP contribution in [-0.2, 0) is 10.8 Å². The Morgan fingerprint density at radius 3 is 2.40 bits per heavy atom. The van der Waals surface area contributed by atoms with E-state index in [1.54, 1.807) is 6.92 Å². The lowest BCUT2D eigenvalue weighted by molar-refractivity contribution is 0.568. The molecule has 2 N–H and O–H groups in total. The van der Waals surface area contributed by atoms with Crippen LogP contribution in [0.2, 0.25) is 0 Å². The van der Waals surface area contributed by atoms with Crippen LogP contribution < -0.4 is 5.73 Å². The Labute approximate surface area is 119 Å². The van der Waals surface area contributed by atoms with Crippen LogP contribution in [-0.4, -0.2) is 9.46 Å². The molecule has 106 valence electrons. The summed E-state index contributed by atoms with van der Waals surface area (Å²) in [7, 11) is -1.72. The van der Waals surface area contributed by atoms with Gasteiger partial charge in [-0.1, -0.05) is 30.3 Å². The number of hydrogen-bond donors (Lipinski definition) is 1. The summed E-state index contributed by atoms with van der Waals surface area (Å²) >= 11 is 0. The van der Waals surface area contributed by atoms with Gasteiger partial charge in [-0.3, -0.25) is 4.21 Å². The molecule has 5 heteroatoms. The molecule has 2 nitrogen and oxygen atoms in total. The second kappa shape index (κ2) is 6.24. The van der Waals surface area contributed by atoms with E-state index in [1.807, 2.05) is 30.3 Å². The molecule has 0 aliphatic carbocycles. The molecular weight excluding hydrogens is 280 g/mol. The van der Waals surface area contributed by atoms with Crippen LogP contribution in [0.1, 0.15) is 18.5 Å². The maximum Gasteiger partial charge on any atom is 0.139 e. The Balaban J connectivity index is 2.27. The van der Waals surface area contributed by atoms with Crippen LogP contribution in [0.25, 0.3) is 0 Å². The monoisotopic (exact) mass is 295 g/mol. The molecule has 0 aliphatic heterocycles. The summed E-state index contributed by atoms with van der Waals surface area (Å²) in [5.41, 5.74) is 6.87. The van der Waals surface area contributed by atoms with Gasteiger partial charge in [0.15, 0.2) is 0 Å². The smallest absolute Gasteiger partial charge is 0.139 e. The van der Waals surface area contributed by atoms with Gasteiger partial charge in [0, 0.05) is 6.04 Å². The first kappa shape index (κ1) is 14.8. The summed E-state index contributed by atoms with van der Waals surface area (Å²) in [6.45, 7) is 1.66. The van der Waals surface area contributed by atoms with Crippen molar-refractivity contribution in [3.05, 3.63) is 65.7 Å². The van der Waals surface area contributed by atoms with Crippen LogP contribution in [0.5, 0.6) is 0 Å². The van der Waals surface area contributed by atoms with Crippen LogP contribution >= 0.6 is 0 Å². The SMILES string of the molecule is CC(C(N)c1ccccc1)S(=O)c1cc(F)ccc1F. The Morgan fingerprint density at radius 2 is 1.75 bits per heavy atom. The summed E-state index contributed by atoms with van der Waals surface area (Å²) < 4.78 is 39.2. The Hall–Kier alpha value is -1.59. The highest BCUT2D eigenvalue weighted by molar-refractivity contribution is 7.85. The van der Waals surface area contributed by atoms with Gasteiger partial charge in [0.25, 0.3) is 0 Å². The van der Waals surface area contributed by atoms with E-state index >= 15 is 0 Å². The molecule has 0 aromatic heterocycles. The van der Waals surface area contributed by atoms with Gasteiger partial charge in [-0.15, -0.1) is 0 Å². The largest absolute Gasteiger partial charge is 0.323 e. The van der Waals surface area contributed by atoms with Crippen LogP contribution in [0.4, 0.5) is 8.78 Å². The van der Waals surface area contributed by atoms with E-state index in [-0.39, 0.29) is 4.90 Å². The Morgan fingerprint density at radius 1 is 1.10 bits per heavy atom. The third kappa shape index (κ3) is 3.11. The van der Waals surface area contributed by atoms with E-state index < -0.39 is 33.7 Å². The fourth-order valence-corrected chi connectivity index (χ4v) is 3.22. The van der Waals surface area contributed by atoms with Gasteiger partial charge in [-0.25, -0.2) is 8.78 Å². The lowest BCUT2D eigenvalue weighted by Gasteiger charge is -2.20. The molecule has 0 fully saturated rings. The highest BCUT2D eigenvalue weighted by Crippen LogP contribution is 2.24. The average molecular weight is 295 g/mol. The molecule has 0 aliphatic rings. The zero-order chi connectivity index (χ0) is 14.7. The van der Waals surface area contributed by atoms with Gasteiger partial charge < -0.3 is 5.73 Å². The molecule has 0 radical (unpaired) electrons. The first-order valence-corrected chi connectivity index (χ1v) is 7.38. The van der Waals surface area contributed by atoms with Crippen molar-refractivity contribution in [3.8, 4) is 0 Å². The average Bonchev–Trinajstić information content (AvgIpc) is 2.48. The first-order valence-electron chi connectivity index (χ1n) is 6.17. The lowest BCUT2D eigenvalue weighted by Crippen LogP contribution is -2.28. The lowest BCUT2D eigenvalue weighted by atomic mass is 10.1. The number of hydrogen-bond acceptors (Lipinski definition) is 2. The molecule has 0 spiro atoms. The third-order valence-corrected chi connectivity index (χ3v) is 4.85. The molecule has 3 atom stereocenters. The van der Waals surface area contributed by atoms with Crippen molar-refractivity contribution >= 4 is 10.8 Å². The maximum atomic E-state index is 13.6. The quantitative estimate of drug-likeness (QED) is 0.941. The predicted octanol–water partition coefficient (Wildman–Crippen LogP) is 3.16. The molecule has 2 aromatic carbocycles. The van der Waals surface area contributed by atoms with Crippen LogP contribution in [0.3, 0.4) is 0 Å². The second-order valence-corrected chi connectivity index (χ2v) is 6.29. The molecule has 3 unspecified atom stereocenters. The molecule has 0 amide bonds. The molecule has 0 heterocycles. The highest BCUT2D eigenvalue weighted by atomic mass is 32.2. The summed E-state index contributed by atoms with van der Waals surface area (Å²) in [6, 6.07) is 11.6. The molecule has 0 saturated carbocycles. The van der Waals surface area contributed by atoms with Gasteiger partial charge >= 0.3 is 0 Å². The molecule has 2 aromatic rings. The van der Waals surface area contributed by atoms with Crippen LogP contribution in [0, 0.1) is 11.6 Å². The van der Waals surface area contributed by atoms with E-state index in [0.717, 1.165) is 23.8 Å². The van der Waals surface area contributed by atoms with Crippen molar-refractivity contribution in [2.45, 2.75) is 23.1 Å². The van der Waals surface area contributed by atoms with Gasteiger partial charge in [-0.2, -0.15) is 0 Å². The number of rotatable bonds is 4. The molecule has 0 saturated heterocycles. The molecular formula is C15H15F2NOS. The zero-order valence-corrected chi connectivity index (χ0v) is 11.7. The van der Waals surface area contributed by atoms with Crippen LogP contribution in [0.15, 0.2) is 53.4 Å². The van der Waals surface area contributed by atoms with Crippen molar-refractivity contribution in [2.75, 3.05) is 0 Å². The van der Waals surface area contributed by atoms with Crippen molar-refractivity contribution in [1.29, 1.82) is 0 Å². The number of nitrogens with two attached hydrogens (primary N) is 1. The second-order valence-electron chi connectivity index (χ2n) is 4.51. The Kier molecular flexibility index (Phi) is 4.62. The third-order valence-electron chi connectivity index (χ3n) is 3.14. The normalized spacial score (nSPS) is 15.6. The van der Waals surface area contributed by atoms with E-state index in [1.165, 1.54) is 0 Å². The van der Waals surface area contributed by atoms with Gasteiger partial charge in [-0.05, 0) is 30.7 Å².